The van der Waals surface area contributed by atoms with Gasteiger partial charge in [-0.2, -0.15) is 0 Å². The number of aromatic nitrogens is 3. The molecule has 0 aliphatic carbocycles. The summed E-state index contributed by atoms with van der Waals surface area (Å²) in [6.07, 6.45) is 1.16. The van der Waals surface area contributed by atoms with Gasteiger partial charge in [-0.3, -0.25) is 9.59 Å². The fourth-order valence-electron chi connectivity index (χ4n) is 3.60. The standard InChI is InChI=1S/C23H25N5O3S/c1-27-20(14-24-21(29)13-16-7-9-18(31-2)10-8-16)25-26-23(27)32-15-22(30)28-12-11-17-5-3-4-6-19(17)28/h3-10H,11-15H2,1-2H3,(H,24,29). The van der Waals surface area contributed by atoms with Gasteiger partial charge in [0.15, 0.2) is 11.0 Å². The van der Waals surface area contributed by atoms with Crippen molar-refractivity contribution in [3.8, 4) is 5.75 Å². The summed E-state index contributed by atoms with van der Waals surface area (Å²) in [6.45, 7) is 0.982. The molecule has 0 unspecified atom stereocenters. The molecule has 1 N–H and O–H groups in total. The van der Waals surface area contributed by atoms with Gasteiger partial charge in [0.25, 0.3) is 0 Å². The largest absolute Gasteiger partial charge is 0.497 e. The van der Waals surface area contributed by atoms with Crippen LogP contribution in [0.15, 0.2) is 53.7 Å². The molecule has 9 heteroatoms. The number of thioether (sulfide) groups is 1. The average molecular weight is 452 g/mol. The molecule has 0 saturated heterocycles. The normalized spacial score (nSPS) is 12.5. The number of hydrogen-bond donors (Lipinski definition) is 1. The van der Waals surface area contributed by atoms with Gasteiger partial charge >= 0.3 is 0 Å². The molecule has 0 saturated carbocycles. The van der Waals surface area contributed by atoms with E-state index in [0.717, 1.165) is 23.4 Å². The highest BCUT2D eigenvalue weighted by Gasteiger charge is 2.24. The molecule has 0 bridgehead atoms. The van der Waals surface area contributed by atoms with Crippen molar-refractivity contribution in [1.82, 2.24) is 20.1 Å². The number of rotatable bonds is 8. The quantitative estimate of drug-likeness (QED) is 0.529. The number of ether oxygens (including phenoxy) is 1. The van der Waals surface area contributed by atoms with Gasteiger partial charge in [0.1, 0.15) is 5.75 Å². The Kier molecular flexibility index (Phi) is 6.75. The molecule has 0 radical (unpaired) electrons. The van der Waals surface area contributed by atoms with E-state index in [4.69, 9.17) is 4.74 Å². The maximum Gasteiger partial charge on any atom is 0.237 e. The molecule has 32 heavy (non-hydrogen) atoms. The van der Waals surface area contributed by atoms with Crippen LogP contribution in [0.25, 0.3) is 0 Å². The van der Waals surface area contributed by atoms with E-state index in [2.05, 4.69) is 21.6 Å². The van der Waals surface area contributed by atoms with E-state index in [1.54, 1.807) is 7.11 Å². The summed E-state index contributed by atoms with van der Waals surface area (Å²) in [5, 5.41) is 11.9. The Morgan fingerprint density at radius 3 is 2.69 bits per heavy atom. The lowest BCUT2D eigenvalue weighted by Gasteiger charge is -2.16. The molecule has 0 spiro atoms. The first-order chi connectivity index (χ1) is 15.5. The topological polar surface area (TPSA) is 89.3 Å². The Bertz CT molecular complexity index is 1110. The van der Waals surface area contributed by atoms with Gasteiger partial charge in [0.05, 0.1) is 25.8 Å². The minimum atomic E-state index is -0.102. The van der Waals surface area contributed by atoms with Crippen LogP contribution in [-0.2, 0) is 36.0 Å². The second kappa shape index (κ2) is 9.86. The van der Waals surface area contributed by atoms with Crippen molar-refractivity contribution in [2.45, 2.75) is 24.5 Å². The third-order valence-electron chi connectivity index (χ3n) is 5.41. The fourth-order valence-corrected chi connectivity index (χ4v) is 4.40. The summed E-state index contributed by atoms with van der Waals surface area (Å²) in [6, 6.07) is 15.4. The predicted molar refractivity (Wildman–Crippen MR) is 123 cm³/mol. The second-order valence-corrected chi connectivity index (χ2v) is 8.41. The van der Waals surface area contributed by atoms with E-state index in [1.165, 1.54) is 17.3 Å². The number of fused-ring (bicyclic) bond motifs is 1. The van der Waals surface area contributed by atoms with E-state index in [-0.39, 0.29) is 30.5 Å². The van der Waals surface area contributed by atoms with Crippen LogP contribution >= 0.6 is 11.8 Å². The first kappa shape index (κ1) is 21.9. The molecular formula is C23H25N5O3S. The summed E-state index contributed by atoms with van der Waals surface area (Å²) >= 11 is 1.35. The van der Waals surface area contributed by atoms with Gasteiger partial charge < -0.3 is 19.5 Å². The molecule has 0 atom stereocenters. The number of nitrogens with zero attached hydrogens (tertiary/aromatic N) is 4. The first-order valence-electron chi connectivity index (χ1n) is 10.3. The van der Waals surface area contributed by atoms with Crippen molar-refractivity contribution in [1.29, 1.82) is 0 Å². The average Bonchev–Trinajstić information content (AvgIpc) is 3.40. The Morgan fingerprint density at radius 1 is 1.12 bits per heavy atom. The number of methoxy groups -OCH3 is 1. The number of hydrogen-bond acceptors (Lipinski definition) is 6. The van der Waals surface area contributed by atoms with Crippen molar-refractivity contribution in [2.24, 2.45) is 7.05 Å². The number of nitrogens with one attached hydrogen (secondary N) is 1. The molecule has 2 heterocycles. The molecule has 8 nitrogen and oxygen atoms in total. The molecule has 3 aromatic rings. The number of amides is 2. The van der Waals surface area contributed by atoms with Gasteiger partial charge in [0.2, 0.25) is 11.8 Å². The number of para-hydroxylation sites is 1. The number of anilines is 1. The SMILES string of the molecule is COc1ccc(CC(=O)NCc2nnc(SCC(=O)N3CCc4ccccc43)n2C)cc1. The van der Waals surface area contributed by atoms with Gasteiger partial charge in [-0.05, 0) is 35.7 Å². The molecule has 4 rings (SSSR count). The zero-order valence-corrected chi connectivity index (χ0v) is 18.9. The first-order valence-corrected chi connectivity index (χ1v) is 11.3. The minimum Gasteiger partial charge on any atom is -0.497 e. The van der Waals surface area contributed by atoms with E-state index in [0.29, 0.717) is 17.5 Å². The minimum absolute atomic E-state index is 0.0531. The third-order valence-corrected chi connectivity index (χ3v) is 6.41. The Hall–Kier alpha value is -3.33. The van der Waals surface area contributed by atoms with Crippen LogP contribution in [0.3, 0.4) is 0 Å². The van der Waals surface area contributed by atoms with Crippen LogP contribution in [0.2, 0.25) is 0 Å². The maximum absolute atomic E-state index is 12.7. The van der Waals surface area contributed by atoms with Gasteiger partial charge in [-0.1, -0.05) is 42.1 Å². The highest BCUT2D eigenvalue weighted by Crippen LogP contribution is 2.28. The predicted octanol–water partition coefficient (Wildman–Crippen LogP) is 2.36. The molecular weight excluding hydrogens is 426 g/mol. The fraction of sp³-hybridized carbons (Fsp3) is 0.304. The second-order valence-electron chi connectivity index (χ2n) is 7.47. The lowest BCUT2D eigenvalue weighted by atomic mass is 10.1. The number of carbonyl (C=O) groups excluding carboxylic acids is 2. The molecule has 1 aliphatic heterocycles. The van der Waals surface area contributed by atoms with Crippen LogP contribution < -0.4 is 15.0 Å². The van der Waals surface area contributed by atoms with Crippen molar-refractivity contribution >= 4 is 29.3 Å². The molecule has 2 aromatic carbocycles. The van der Waals surface area contributed by atoms with Crippen molar-refractivity contribution in [3.63, 3.8) is 0 Å². The van der Waals surface area contributed by atoms with Gasteiger partial charge in [0, 0.05) is 19.3 Å². The zero-order valence-electron chi connectivity index (χ0n) is 18.1. The van der Waals surface area contributed by atoms with Gasteiger partial charge in [-0.15, -0.1) is 10.2 Å². The highest BCUT2D eigenvalue weighted by molar-refractivity contribution is 7.99. The molecule has 0 fully saturated rings. The summed E-state index contributed by atoms with van der Waals surface area (Å²) in [5.74, 6) is 1.62. The van der Waals surface area contributed by atoms with E-state index in [1.807, 2.05) is 59.0 Å². The van der Waals surface area contributed by atoms with E-state index < -0.39 is 0 Å². The van der Waals surface area contributed by atoms with Crippen LogP contribution in [0.5, 0.6) is 5.75 Å². The van der Waals surface area contributed by atoms with E-state index >= 15 is 0 Å². The molecule has 166 valence electrons. The number of carbonyl (C=O) groups is 2. The number of benzene rings is 2. The molecule has 1 aromatic heterocycles. The van der Waals surface area contributed by atoms with Crippen LogP contribution in [-0.4, -0.2) is 46.0 Å². The monoisotopic (exact) mass is 451 g/mol. The summed E-state index contributed by atoms with van der Waals surface area (Å²) < 4.78 is 6.94. The Morgan fingerprint density at radius 2 is 1.91 bits per heavy atom. The van der Waals surface area contributed by atoms with E-state index in [9.17, 15) is 9.59 Å². The summed E-state index contributed by atoms with van der Waals surface area (Å²) in [7, 11) is 3.44. The third kappa shape index (κ3) is 4.94. The van der Waals surface area contributed by atoms with Crippen molar-refractivity contribution < 1.29 is 14.3 Å². The molecule has 2 amide bonds. The van der Waals surface area contributed by atoms with Gasteiger partial charge in [-0.25, -0.2) is 0 Å². The van der Waals surface area contributed by atoms with Crippen LogP contribution in [0.1, 0.15) is 17.0 Å². The van der Waals surface area contributed by atoms with Crippen molar-refractivity contribution in [3.05, 3.63) is 65.5 Å². The van der Waals surface area contributed by atoms with Crippen LogP contribution in [0.4, 0.5) is 5.69 Å². The Labute approximate surface area is 191 Å². The smallest absolute Gasteiger partial charge is 0.237 e. The highest BCUT2D eigenvalue weighted by atomic mass is 32.2. The maximum atomic E-state index is 12.7. The Balaban J connectivity index is 1.27. The van der Waals surface area contributed by atoms with Crippen molar-refractivity contribution in [2.75, 3.05) is 24.3 Å². The molecule has 1 aliphatic rings. The van der Waals surface area contributed by atoms with Crippen LogP contribution in [0, 0.1) is 0 Å². The lowest BCUT2D eigenvalue weighted by molar-refractivity contribution is -0.120. The lowest BCUT2D eigenvalue weighted by Crippen LogP contribution is -2.30. The zero-order chi connectivity index (χ0) is 22.5. The summed E-state index contributed by atoms with van der Waals surface area (Å²) in [4.78, 5) is 26.8. The summed E-state index contributed by atoms with van der Waals surface area (Å²) in [5.41, 5.74) is 3.10.